The van der Waals surface area contributed by atoms with Crippen molar-refractivity contribution >= 4 is 50.7 Å². The summed E-state index contributed by atoms with van der Waals surface area (Å²) in [5, 5.41) is 3.82. The number of nitrogens with zero attached hydrogens (tertiary/aromatic N) is 2. The lowest BCUT2D eigenvalue weighted by molar-refractivity contribution is -0.140. The molecule has 3 aromatic rings. The van der Waals surface area contributed by atoms with Crippen LogP contribution in [0.5, 0.6) is 0 Å². The number of sulfonamides is 1. The highest BCUT2D eigenvalue weighted by Crippen LogP contribution is 2.28. The maximum Gasteiger partial charge on any atom is 0.264 e. The Bertz CT molecular complexity index is 1510. The molecule has 1 N–H and O–H groups in total. The molecule has 0 aromatic heterocycles. The minimum absolute atomic E-state index is 0.0534. The molecule has 10 heteroatoms. The second kappa shape index (κ2) is 14.6. The molecule has 0 unspecified atom stereocenters. The Labute approximate surface area is 265 Å². The first-order valence-electron chi connectivity index (χ1n) is 14.7. The van der Waals surface area contributed by atoms with Gasteiger partial charge in [0, 0.05) is 12.6 Å². The molecule has 0 aliphatic heterocycles. The van der Waals surface area contributed by atoms with Gasteiger partial charge in [0.2, 0.25) is 11.8 Å². The summed E-state index contributed by atoms with van der Waals surface area (Å²) >= 11 is 12.4. The summed E-state index contributed by atoms with van der Waals surface area (Å²) in [7, 11) is -4.13. The van der Waals surface area contributed by atoms with Crippen LogP contribution in [-0.4, -0.2) is 43.8 Å². The van der Waals surface area contributed by atoms with Gasteiger partial charge < -0.3 is 10.2 Å². The third-order valence-corrected chi connectivity index (χ3v) is 10.4. The van der Waals surface area contributed by atoms with Crippen LogP contribution in [0.2, 0.25) is 10.0 Å². The maximum atomic E-state index is 14.3. The van der Waals surface area contributed by atoms with E-state index in [0.717, 1.165) is 35.6 Å². The van der Waals surface area contributed by atoms with Crippen LogP contribution in [0.25, 0.3) is 0 Å². The van der Waals surface area contributed by atoms with Crippen molar-refractivity contribution in [2.24, 2.45) is 0 Å². The zero-order chi connectivity index (χ0) is 31.1. The van der Waals surface area contributed by atoms with E-state index in [2.05, 4.69) is 19.2 Å². The third kappa shape index (κ3) is 8.11. The minimum Gasteiger partial charge on any atom is -0.352 e. The normalized spacial score (nSPS) is 14.5. The zero-order valence-electron chi connectivity index (χ0n) is 24.8. The van der Waals surface area contributed by atoms with Crippen molar-refractivity contribution in [1.29, 1.82) is 0 Å². The van der Waals surface area contributed by atoms with Crippen molar-refractivity contribution in [2.75, 3.05) is 10.8 Å². The Balaban J connectivity index is 1.72. The van der Waals surface area contributed by atoms with Gasteiger partial charge in [0.15, 0.2) is 0 Å². The van der Waals surface area contributed by atoms with Crippen LogP contribution >= 0.6 is 23.2 Å². The molecule has 2 amide bonds. The molecule has 1 fully saturated rings. The molecule has 3 aromatic carbocycles. The number of amides is 2. The van der Waals surface area contributed by atoms with E-state index >= 15 is 0 Å². The number of rotatable bonds is 12. The van der Waals surface area contributed by atoms with E-state index in [1.54, 1.807) is 48.5 Å². The van der Waals surface area contributed by atoms with Gasteiger partial charge in [0.05, 0.1) is 20.6 Å². The summed E-state index contributed by atoms with van der Waals surface area (Å²) in [5.74, 6) is -0.506. The SMILES string of the molecule is CC[C@@H](C(=O)NC1CCCC1)N(Cc1ccc(Cl)c(Cl)c1)C(=O)CN(c1ccc(C(C)C)cc1)S(=O)(=O)c1ccccc1. The quantitative estimate of drug-likeness (QED) is 0.226. The monoisotopic (exact) mass is 643 g/mol. The molecule has 0 radical (unpaired) electrons. The van der Waals surface area contributed by atoms with Crippen molar-refractivity contribution in [3.8, 4) is 0 Å². The lowest BCUT2D eigenvalue weighted by Crippen LogP contribution is -2.53. The first-order chi connectivity index (χ1) is 20.5. The molecule has 0 saturated heterocycles. The van der Waals surface area contributed by atoms with Crippen LogP contribution in [0.15, 0.2) is 77.7 Å². The van der Waals surface area contributed by atoms with Gasteiger partial charge in [-0.05, 0) is 72.7 Å². The van der Waals surface area contributed by atoms with Gasteiger partial charge in [-0.1, -0.05) is 93.2 Å². The number of anilines is 1. The predicted molar refractivity (Wildman–Crippen MR) is 173 cm³/mol. The number of hydrogen-bond donors (Lipinski definition) is 1. The van der Waals surface area contributed by atoms with Crippen LogP contribution in [0.3, 0.4) is 0 Å². The smallest absolute Gasteiger partial charge is 0.264 e. The van der Waals surface area contributed by atoms with E-state index in [4.69, 9.17) is 23.2 Å². The van der Waals surface area contributed by atoms with Crippen molar-refractivity contribution in [1.82, 2.24) is 10.2 Å². The number of nitrogens with one attached hydrogen (secondary N) is 1. The van der Waals surface area contributed by atoms with Gasteiger partial charge in [-0.3, -0.25) is 13.9 Å². The summed E-state index contributed by atoms with van der Waals surface area (Å²) in [6.07, 6.45) is 4.25. The molecule has 0 bridgehead atoms. The molecule has 230 valence electrons. The van der Waals surface area contributed by atoms with Crippen molar-refractivity contribution < 1.29 is 18.0 Å². The number of carbonyl (C=O) groups is 2. The number of benzene rings is 3. The molecular weight excluding hydrogens is 605 g/mol. The summed E-state index contributed by atoms with van der Waals surface area (Å²) < 4.78 is 29.1. The Morgan fingerprint density at radius 3 is 2.16 bits per heavy atom. The largest absolute Gasteiger partial charge is 0.352 e. The van der Waals surface area contributed by atoms with Gasteiger partial charge in [-0.25, -0.2) is 8.42 Å². The first-order valence-corrected chi connectivity index (χ1v) is 16.9. The third-order valence-electron chi connectivity index (χ3n) is 7.88. The molecule has 4 rings (SSSR count). The number of hydrogen-bond acceptors (Lipinski definition) is 4. The number of carbonyl (C=O) groups excluding carboxylic acids is 2. The molecule has 0 heterocycles. The van der Waals surface area contributed by atoms with E-state index in [0.29, 0.717) is 27.7 Å². The Kier molecular flexibility index (Phi) is 11.2. The van der Waals surface area contributed by atoms with Gasteiger partial charge in [0.25, 0.3) is 10.0 Å². The van der Waals surface area contributed by atoms with Crippen LogP contribution in [0, 0.1) is 0 Å². The van der Waals surface area contributed by atoms with E-state index < -0.39 is 28.5 Å². The van der Waals surface area contributed by atoms with E-state index in [1.807, 2.05) is 19.1 Å². The van der Waals surface area contributed by atoms with Crippen LogP contribution < -0.4 is 9.62 Å². The van der Waals surface area contributed by atoms with Crippen molar-refractivity contribution in [2.45, 2.75) is 82.3 Å². The molecule has 1 aliphatic carbocycles. The summed E-state index contributed by atoms with van der Waals surface area (Å²) in [6, 6.07) is 19.5. The Morgan fingerprint density at radius 2 is 1.58 bits per heavy atom. The highest BCUT2D eigenvalue weighted by atomic mass is 35.5. The van der Waals surface area contributed by atoms with Gasteiger partial charge >= 0.3 is 0 Å². The first kappa shape index (κ1) is 32.8. The second-order valence-corrected chi connectivity index (χ2v) is 13.9. The fourth-order valence-electron chi connectivity index (χ4n) is 5.40. The van der Waals surface area contributed by atoms with Gasteiger partial charge in [-0.15, -0.1) is 0 Å². The van der Waals surface area contributed by atoms with Crippen LogP contribution in [0.4, 0.5) is 5.69 Å². The van der Waals surface area contributed by atoms with E-state index in [1.165, 1.54) is 17.0 Å². The highest BCUT2D eigenvalue weighted by Gasteiger charge is 2.34. The lowest BCUT2D eigenvalue weighted by atomic mass is 10.0. The molecule has 1 aliphatic rings. The minimum atomic E-state index is -4.13. The molecular formula is C33H39Cl2N3O4S. The predicted octanol–water partition coefficient (Wildman–Crippen LogP) is 7.18. The van der Waals surface area contributed by atoms with Gasteiger partial charge in [-0.2, -0.15) is 0 Å². The van der Waals surface area contributed by atoms with E-state index in [-0.39, 0.29) is 29.3 Å². The highest BCUT2D eigenvalue weighted by molar-refractivity contribution is 7.92. The standard InChI is InChI=1S/C33H39Cl2N3O4S/c1-4-31(33(40)36-26-10-8-9-11-26)37(21-24-14-19-29(34)30(35)20-24)32(39)22-38(27-17-15-25(16-18-27)23(2)3)43(41,42)28-12-6-5-7-13-28/h5-7,12-20,23,26,31H,4,8-11,21-22H2,1-3H3,(H,36,40)/t31-/m0/s1. The molecule has 1 saturated carbocycles. The number of halogens is 2. The topological polar surface area (TPSA) is 86.8 Å². The molecule has 0 spiro atoms. The zero-order valence-corrected chi connectivity index (χ0v) is 27.1. The Hall–Kier alpha value is -3.07. The fraction of sp³-hybridized carbons (Fsp3) is 0.394. The molecule has 1 atom stereocenters. The van der Waals surface area contributed by atoms with Gasteiger partial charge in [0.1, 0.15) is 12.6 Å². The molecule has 7 nitrogen and oxygen atoms in total. The maximum absolute atomic E-state index is 14.3. The Morgan fingerprint density at radius 1 is 0.930 bits per heavy atom. The molecule has 43 heavy (non-hydrogen) atoms. The summed E-state index contributed by atoms with van der Waals surface area (Å²) in [6.45, 7) is 5.51. The average molecular weight is 645 g/mol. The lowest BCUT2D eigenvalue weighted by Gasteiger charge is -2.34. The van der Waals surface area contributed by atoms with Crippen molar-refractivity contribution in [3.05, 3.63) is 94.0 Å². The average Bonchev–Trinajstić information content (AvgIpc) is 3.51. The fourth-order valence-corrected chi connectivity index (χ4v) is 7.15. The summed E-state index contributed by atoms with van der Waals surface area (Å²) in [4.78, 5) is 29.4. The van der Waals surface area contributed by atoms with Crippen LogP contribution in [-0.2, 0) is 26.2 Å². The summed E-state index contributed by atoms with van der Waals surface area (Å²) in [5.41, 5.74) is 2.08. The second-order valence-electron chi connectivity index (χ2n) is 11.3. The van der Waals surface area contributed by atoms with Crippen LogP contribution in [0.1, 0.15) is 69.9 Å². The van der Waals surface area contributed by atoms with E-state index in [9.17, 15) is 18.0 Å². The van der Waals surface area contributed by atoms with Crippen molar-refractivity contribution in [3.63, 3.8) is 0 Å².